The second-order valence-electron chi connectivity index (χ2n) is 5.06. The van der Waals surface area contributed by atoms with E-state index in [1.54, 1.807) is 13.2 Å². The summed E-state index contributed by atoms with van der Waals surface area (Å²) in [5, 5.41) is 6.22. The van der Waals surface area contributed by atoms with Gasteiger partial charge >= 0.3 is 0 Å². The SMILES string of the molecule is Br.CN=C(NC)NCc1ccnc(OC2CCCCC2)c1. The average Bonchev–Trinajstić information content (AvgIpc) is 2.50. The van der Waals surface area contributed by atoms with Crippen LogP contribution in [0.3, 0.4) is 0 Å². The van der Waals surface area contributed by atoms with Gasteiger partial charge in [-0.2, -0.15) is 0 Å². The van der Waals surface area contributed by atoms with E-state index < -0.39 is 0 Å². The molecule has 6 heteroatoms. The van der Waals surface area contributed by atoms with Gasteiger partial charge in [0.1, 0.15) is 6.10 Å². The van der Waals surface area contributed by atoms with E-state index in [0.717, 1.165) is 30.2 Å². The first kappa shape index (κ1) is 17.8. The summed E-state index contributed by atoms with van der Waals surface area (Å²) in [6, 6.07) is 3.99. The normalized spacial score (nSPS) is 16.0. The maximum atomic E-state index is 5.97. The lowest BCUT2D eigenvalue weighted by molar-refractivity contribution is 0.148. The highest BCUT2D eigenvalue weighted by atomic mass is 79.9. The van der Waals surface area contributed by atoms with E-state index in [9.17, 15) is 0 Å². The maximum Gasteiger partial charge on any atom is 0.213 e. The average molecular weight is 357 g/mol. The quantitative estimate of drug-likeness (QED) is 0.643. The molecule has 1 heterocycles. The zero-order chi connectivity index (χ0) is 14.2. The monoisotopic (exact) mass is 356 g/mol. The van der Waals surface area contributed by atoms with Crippen molar-refractivity contribution in [2.45, 2.75) is 44.8 Å². The Labute approximate surface area is 137 Å². The number of aromatic nitrogens is 1. The molecule has 0 aliphatic heterocycles. The molecule has 1 aromatic heterocycles. The highest BCUT2D eigenvalue weighted by Crippen LogP contribution is 2.22. The van der Waals surface area contributed by atoms with Crippen LogP contribution in [0.1, 0.15) is 37.7 Å². The third-order valence-electron chi connectivity index (χ3n) is 3.56. The molecule has 0 aromatic carbocycles. The molecule has 2 rings (SSSR count). The van der Waals surface area contributed by atoms with Crippen molar-refractivity contribution >= 4 is 22.9 Å². The van der Waals surface area contributed by atoms with E-state index in [2.05, 4.69) is 20.6 Å². The Morgan fingerprint density at radius 3 is 2.81 bits per heavy atom. The third kappa shape index (κ3) is 5.91. The van der Waals surface area contributed by atoms with Crippen LogP contribution in [0.5, 0.6) is 5.88 Å². The molecule has 1 saturated carbocycles. The number of guanidine groups is 1. The first-order valence-corrected chi connectivity index (χ1v) is 7.32. The Bertz CT molecular complexity index is 447. The van der Waals surface area contributed by atoms with Gasteiger partial charge in [-0.25, -0.2) is 4.98 Å². The lowest BCUT2D eigenvalue weighted by Gasteiger charge is -2.22. The van der Waals surface area contributed by atoms with Gasteiger partial charge in [-0.05, 0) is 37.3 Å². The van der Waals surface area contributed by atoms with Gasteiger partial charge in [0.05, 0.1) is 0 Å². The van der Waals surface area contributed by atoms with Crippen molar-refractivity contribution in [3.63, 3.8) is 0 Å². The molecule has 1 aliphatic carbocycles. The van der Waals surface area contributed by atoms with Gasteiger partial charge in [-0.3, -0.25) is 4.99 Å². The van der Waals surface area contributed by atoms with Gasteiger partial charge in [-0.1, -0.05) is 6.42 Å². The van der Waals surface area contributed by atoms with Crippen molar-refractivity contribution in [2.24, 2.45) is 4.99 Å². The van der Waals surface area contributed by atoms with Crippen LogP contribution in [0.15, 0.2) is 23.3 Å². The number of hydrogen-bond acceptors (Lipinski definition) is 3. The molecule has 2 N–H and O–H groups in total. The zero-order valence-corrected chi connectivity index (χ0v) is 14.5. The topological polar surface area (TPSA) is 58.5 Å². The molecule has 1 aliphatic rings. The van der Waals surface area contributed by atoms with E-state index in [1.165, 1.54) is 19.3 Å². The highest BCUT2D eigenvalue weighted by molar-refractivity contribution is 8.93. The van der Waals surface area contributed by atoms with E-state index in [0.29, 0.717) is 12.6 Å². The van der Waals surface area contributed by atoms with Crippen LogP contribution in [-0.4, -0.2) is 31.1 Å². The van der Waals surface area contributed by atoms with Crippen LogP contribution in [0, 0.1) is 0 Å². The van der Waals surface area contributed by atoms with E-state index in [-0.39, 0.29) is 17.0 Å². The van der Waals surface area contributed by atoms with Crippen LogP contribution in [-0.2, 0) is 6.54 Å². The molecule has 0 saturated heterocycles. The molecule has 118 valence electrons. The molecule has 21 heavy (non-hydrogen) atoms. The Morgan fingerprint density at radius 2 is 2.14 bits per heavy atom. The lowest BCUT2D eigenvalue weighted by Crippen LogP contribution is -2.34. The van der Waals surface area contributed by atoms with Gasteiger partial charge in [0.2, 0.25) is 5.88 Å². The summed E-state index contributed by atoms with van der Waals surface area (Å²) < 4.78 is 5.97. The standard InChI is InChI=1S/C15H24N4O.BrH/c1-16-15(17-2)19-11-12-8-9-18-14(10-12)20-13-6-4-3-5-7-13;/h8-10,13H,3-7,11H2,1-2H3,(H2,16,17,19);1H. The fraction of sp³-hybridized carbons (Fsp3) is 0.600. The minimum absolute atomic E-state index is 0. The van der Waals surface area contributed by atoms with Crippen LogP contribution < -0.4 is 15.4 Å². The van der Waals surface area contributed by atoms with Crippen molar-refractivity contribution < 1.29 is 4.74 Å². The number of nitrogens with one attached hydrogen (secondary N) is 2. The molecule has 0 atom stereocenters. The Hall–Kier alpha value is -1.30. The van der Waals surface area contributed by atoms with Crippen LogP contribution in [0.25, 0.3) is 0 Å². The van der Waals surface area contributed by atoms with Crippen molar-refractivity contribution in [3.8, 4) is 5.88 Å². The van der Waals surface area contributed by atoms with Crippen molar-refractivity contribution in [1.29, 1.82) is 0 Å². The van der Waals surface area contributed by atoms with Crippen LogP contribution in [0.2, 0.25) is 0 Å². The summed E-state index contributed by atoms with van der Waals surface area (Å²) in [6.07, 6.45) is 8.31. The van der Waals surface area contributed by atoms with Crippen molar-refractivity contribution in [2.75, 3.05) is 14.1 Å². The number of pyridine rings is 1. The Morgan fingerprint density at radius 1 is 1.38 bits per heavy atom. The van der Waals surface area contributed by atoms with Gasteiger partial charge < -0.3 is 15.4 Å². The number of hydrogen-bond donors (Lipinski definition) is 2. The number of nitrogens with zero attached hydrogens (tertiary/aromatic N) is 2. The summed E-state index contributed by atoms with van der Waals surface area (Å²) >= 11 is 0. The Kier molecular flexibility index (Phi) is 8.12. The predicted octanol–water partition coefficient (Wildman–Crippen LogP) is 2.67. The van der Waals surface area contributed by atoms with Gasteiger partial charge in [0.15, 0.2) is 5.96 Å². The summed E-state index contributed by atoms with van der Waals surface area (Å²) in [5.74, 6) is 1.51. The largest absolute Gasteiger partial charge is 0.474 e. The zero-order valence-electron chi connectivity index (χ0n) is 12.8. The third-order valence-corrected chi connectivity index (χ3v) is 3.56. The summed E-state index contributed by atoms with van der Waals surface area (Å²) in [5.41, 5.74) is 1.14. The predicted molar refractivity (Wildman–Crippen MR) is 91.3 cm³/mol. The van der Waals surface area contributed by atoms with Crippen molar-refractivity contribution in [1.82, 2.24) is 15.6 Å². The van der Waals surface area contributed by atoms with Gasteiger partial charge in [-0.15, -0.1) is 17.0 Å². The molecular weight excluding hydrogens is 332 g/mol. The fourth-order valence-corrected chi connectivity index (χ4v) is 2.44. The van der Waals surface area contributed by atoms with Crippen LogP contribution in [0.4, 0.5) is 0 Å². The van der Waals surface area contributed by atoms with E-state index in [1.807, 2.05) is 19.2 Å². The molecule has 0 radical (unpaired) electrons. The second kappa shape index (κ2) is 9.60. The minimum atomic E-state index is 0. The molecule has 0 unspecified atom stereocenters. The first-order chi connectivity index (χ1) is 9.81. The number of aliphatic imine (C=N–C) groups is 1. The molecule has 5 nitrogen and oxygen atoms in total. The maximum absolute atomic E-state index is 5.97. The van der Waals surface area contributed by atoms with Crippen LogP contribution >= 0.6 is 17.0 Å². The van der Waals surface area contributed by atoms with Gasteiger partial charge in [0, 0.05) is 32.9 Å². The minimum Gasteiger partial charge on any atom is -0.474 e. The molecule has 1 fully saturated rings. The van der Waals surface area contributed by atoms with E-state index in [4.69, 9.17) is 4.74 Å². The number of rotatable bonds is 4. The fourth-order valence-electron chi connectivity index (χ4n) is 2.44. The molecule has 0 spiro atoms. The summed E-state index contributed by atoms with van der Waals surface area (Å²) in [4.78, 5) is 8.39. The van der Waals surface area contributed by atoms with Crippen molar-refractivity contribution in [3.05, 3.63) is 23.9 Å². The second-order valence-corrected chi connectivity index (χ2v) is 5.06. The lowest BCUT2D eigenvalue weighted by atomic mass is 9.98. The molecule has 0 bridgehead atoms. The molecule has 1 aromatic rings. The highest BCUT2D eigenvalue weighted by Gasteiger charge is 2.15. The first-order valence-electron chi connectivity index (χ1n) is 7.32. The summed E-state index contributed by atoms with van der Waals surface area (Å²) in [7, 11) is 3.60. The summed E-state index contributed by atoms with van der Waals surface area (Å²) in [6.45, 7) is 0.705. The molecule has 0 amide bonds. The van der Waals surface area contributed by atoms with E-state index >= 15 is 0 Å². The number of ether oxygens (including phenoxy) is 1. The Balaban J connectivity index is 0.00000220. The van der Waals surface area contributed by atoms with Gasteiger partial charge in [0.25, 0.3) is 0 Å². The smallest absolute Gasteiger partial charge is 0.213 e. The molecular formula is C15H25BrN4O. The number of halogens is 1.